The van der Waals surface area contributed by atoms with Gasteiger partial charge in [0.1, 0.15) is 0 Å². The Balaban J connectivity index is 1.21. The minimum atomic E-state index is 0.241. The van der Waals surface area contributed by atoms with Gasteiger partial charge in [-0.15, -0.1) is 11.8 Å². The van der Waals surface area contributed by atoms with Crippen LogP contribution in [0.2, 0.25) is 0 Å². The van der Waals surface area contributed by atoms with E-state index >= 15 is 0 Å². The van der Waals surface area contributed by atoms with Crippen molar-refractivity contribution < 1.29 is 9.53 Å². The molecule has 0 N–H and O–H groups in total. The number of carbonyl (C=O) groups excluding carboxylic acids is 1. The summed E-state index contributed by atoms with van der Waals surface area (Å²) in [5.41, 5.74) is 2.34. The van der Waals surface area contributed by atoms with Gasteiger partial charge in [-0.2, -0.15) is 0 Å². The largest absolute Gasteiger partial charge is 0.371 e. The second-order valence-electron chi connectivity index (χ2n) is 7.49. The monoisotopic (exact) mass is 358 g/mol. The molecule has 1 atom stereocenters. The van der Waals surface area contributed by atoms with Crippen LogP contribution in [0.25, 0.3) is 0 Å². The lowest BCUT2D eigenvalue weighted by molar-refractivity contribution is -0.136. The van der Waals surface area contributed by atoms with Crippen molar-refractivity contribution in [3.63, 3.8) is 0 Å². The molecular formula is C20H26N2O2S. The quantitative estimate of drug-likeness (QED) is 0.755. The van der Waals surface area contributed by atoms with Crippen LogP contribution in [0.3, 0.4) is 0 Å². The number of rotatable bonds is 5. The number of likely N-dealkylation sites (tertiary alicyclic amines) is 1. The molecule has 0 aromatic carbocycles. The molecule has 0 radical (unpaired) electrons. The lowest BCUT2D eigenvalue weighted by atomic mass is 9.91. The summed E-state index contributed by atoms with van der Waals surface area (Å²) < 4.78 is 6.28. The van der Waals surface area contributed by atoms with E-state index in [0.717, 1.165) is 43.8 Å². The molecule has 3 aliphatic rings. The van der Waals surface area contributed by atoms with Gasteiger partial charge >= 0.3 is 0 Å². The second kappa shape index (κ2) is 7.50. The van der Waals surface area contributed by atoms with Gasteiger partial charge in [-0.05, 0) is 44.2 Å². The molecule has 4 nitrogen and oxygen atoms in total. The highest BCUT2D eigenvalue weighted by molar-refractivity contribution is 8.01. The summed E-state index contributed by atoms with van der Waals surface area (Å²) in [5.74, 6) is 1.34. The van der Waals surface area contributed by atoms with E-state index < -0.39 is 0 Å². The number of allylic oxidation sites excluding steroid dienone is 1. The lowest BCUT2D eigenvalue weighted by Gasteiger charge is -2.47. The third-order valence-electron chi connectivity index (χ3n) is 5.44. The highest BCUT2D eigenvalue weighted by Gasteiger charge is 2.50. The summed E-state index contributed by atoms with van der Waals surface area (Å²) in [6, 6.07) is 5.92. The van der Waals surface area contributed by atoms with E-state index in [1.54, 1.807) is 6.20 Å². The number of hydrogen-bond donors (Lipinski definition) is 0. The highest BCUT2D eigenvalue weighted by atomic mass is 32.2. The summed E-state index contributed by atoms with van der Waals surface area (Å²) >= 11 is 1.99. The van der Waals surface area contributed by atoms with Crippen molar-refractivity contribution in [3.05, 3.63) is 41.7 Å². The fourth-order valence-corrected chi connectivity index (χ4v) is 5.57. The van der Waals surface area contributed by atoms with E-state index in [1.807, 2.05) is 34.9 Å². The Kier molecular flexibility index (Phi) is 5.13. The molecule has 2 fully saturated rings. The first-order chi connectivity index (χ1) is 12.2. The molecular weight excluding hydrogens is 332 g/mol. The number of hydrogen-bond acceptors (Lipinski definition) is 4. The first-order valence-electron chi connectivity index (χ1n) is 9.34. The fraction of sp³-hybridized carbons (Fsp3) is 0.600. The number of nitrogens with zero attached hydrogens (tertiary/aromatic N) is 2. The molecule has 1 aromatic rings. The van der Waals surface area contributed by atoms with Crippen molar-refractivity contribution in [3.8, 4) is 0 Å². The Morgan fingerprint density at radius 1 is 1.36 bits per heavy atom. The van der Waals surface area contributed by atoms with Gasteiger partial charge in [-0.3, -0.25) is 9.78 Å². The zero-order chi connectivity index (χ0) is 17.1. The van der Waals surface area contributed by atoms with Gasteiger partial charge in [-0.25, -0.2) is 0 Å². The van der Waals surface area contributed by atoms with E-state index in [9.17, 15) is 4.79 Å². The minimum absolute atomic E-state index is 0.241. The fourth-order valence-electron chi connectivity index (χ4n) is 4.01. The van der Waals surface area contributed by atoms with Gasteiger partial charge in [0.05, 0.1) is 23.2 Å². The van der Waals surface area contributed by atoms with Crippen molar-refractivity contribution in [1.82, 2.24) is 9.88 Å². The first-order valence-corrected chi connectivity index (χ1v) is 10.3. The number of amides is 1. The minimum Gasteiger partial charge on any atom is -0.371 e. The number of ether oxygens (including phenoxy) is 1. The van der Waals surface area contributed by atoms with Crippen LogP contribution in [-0.2, 0) is 16.1 Å². The number of thioether (sulfide) groups is 1. The van der Waals surface area contributed by atoms with Crippen LogP contribution in [0.1, 0.15) is 44.2 Å². The standard InChI is InChI=1S/C20H26N2O2S/c23-19(10-16-6-2-1-3-7-16)22-14-20(15-22)11-18(13-25-20)24-12-17-8-4-5-9-21-17/h4-6,8-9,18H,1-3,7,10-15H2. The zero-order valence-corrected chi connectivity index (χ0v) is 15.5. The van der Waals surface area contributed by atoms with Crippen LogP contribution in [0.15, 0.2) is 36.0 Å². The van der Waals surface area contributed by atoms with Crippen molar-refractivity contribution >= 4 is 17.7 Å². The van der Waals surface area contributed by atoms with E-state index in [-0.39, 0.29) is 10.9 Å². The first kappa shape index (κ1) is 17.1. The summed E-state index contributed by atoms with van der Waals surface area (Å²) in [7, 11) is 0. The second-order valence-corrected chi connectivity index (χ2v) is 8.97. The average Bonchev–Trinajstić information content (AvgIpc) is 3.05. The molecule has 1 spiro atoms. The van der Waals surface area contributed by atoms with Crippen LogP contribution >= 0.6 is 11.8 Å². The predicted octanol–water partition coefficient (Wildman–Crippen LogP) is 3.58. The number of aromatic nitrogens is 1. The maximum absolute atomic E-state index is 12.5. The Morgan fingerprint density at radius 2 is 2.28 bits per heavy atom. The topological polar surface area (TPSA) is 42.4 Å². The van der Waals surface area contributed by atoms with Crippen LogP contribution in [0, 0.1) is 0 Å². The van der Waals surface area contributed by atoms with Gasteiger partial charge in [0, 0.05) is 31.5 Å². The number of pyridine rings is 1. The van der Waals surface area contributed by atoms with Crippen molar-refractivity contribution in [2.45, 2.75) is 56.0 Å². The molecule has 1 amide bonds. The van der Waals surface area contributed by atoms with E-state index in [2.05, 4.69) is 11.1 Å². The molecule has 2 saturated heterocycles. The number of carbonyl (C=O) groups is 1. The van der Waals surface area contributed by atoms with Crippen LogP contribution in [0.4, 0.5) is 0 Å². The average molecular weight is 359 g/mol. The van der Waals surface area contributed by atoms with Crippen molar-refractivity contribution in [2.24, 2.45) is 0 Å². The molecule has 0 bridgehead atoms. The molecule has 1 aromatic heterocycles. The smallest absolute Gasteiger partial charge is 0.226 e. The molecule has 2 aliphatic heterocycles. The van der Waals surface area contributed by atoms with E-state index in [1.165, 1.54) is 18.4 Å². The summed E-state index contributed by atoms with van der Waals surface area (Å²) in [4.78, 5) is 18.8. The molecule has 4 rings (SSSR count). The molecule has 25 heavy (non-hydrogen) atoms. The Labute approximate surface area is 154 Å². The van der Waals surface area contributed by atoms with Crippen molar-refractivity contribution in [1.29, 1.82) is 0 Å². The molecule has 134 valence electrons. The van der Waals surface area contributed by atoms with E-state index in [0.29, 0.717) is 18.9 Å². The maximum atomic E-state index is 12.5. The van der Waals surface area contributed by atoms with E-state index in [4.69, 9.17) is 4.74 Å². The third-order valence-corrected chi connectivity index (χ3v) is 7.02. The lowest BCUT2D eigenvalue weighted by Crippen LogP contribution is -2.60. The van der Waals surface area contributed by atoms with Gasteiger partial charge in [-0.1, -0.05) is 17.7 Å². The van der Waals surface area contributed by atoms with Crippen LogP contribution < -0.4 is 0 Å². The van der Waals surface area contributed by atoms with Gasteiger partial charge in [0.15, 0.2) is 0 Å². The SMILES string of the molecule is O=C(CC1=CCCCC1)N1CC2(CC(OCc3ccccn3)CS2)C1. The molecule has 3 heterocycles. The Hall–Kier alpha value is -1.33. The molecule has 0 saturated carbocycles. The third kappa shape index (κ3) is 4.09. The summed E-state index contributed by atoms with van der Waals surface area (Å²) in [5, 5.41) is 0. The van der Waals surface area contributed by atoms with Gasteiger partial charge < -0.3 is 9.64 Å². The normalized spacial score (nSPS) is 24.9. The van der Waals surface area contributed by atoms with Crippen LogP contribution in [-0.4, -0.2) is 45.5 Å². The maximum Gasteiger partial charge on any atom is 0.226 e. The van der Waals surface area contributed by atoms with Gasteiger partial charge in [0.25, 0.3) is 0 Å². The summed E-state index contributed by atoms with van der Waals surface area (Å²) in [6.45, 7) is 2.37. The molecule has 5 heteroatoms. The summed E-state index contributed by atoms with van der Waals surface area (Å²) in [6.07, 6.45) is 10.8. The van der Waals surface area contributed by atoms with Crippen molar-refractivity contribution in [2.75, 3.05) is 18.8 Å². The zero-order valence-electron chi connectivity index (χ0n) is 14.7. The highest BCUT2D eigenvalue weighted by Crippen LogP contribution is 2.46. The molecule has 1 unspecified atom stereocenters. The molecule has 1 aliphatic carbocycles. The van der Waals surface area contributed by atoms with Crippen LogP contribution in [0.5, 0.6) is 0 Å². The Bertz CT molecular complexity index is 640. The Morgan fingerprint density at radius 3 is 3.04 bits per heavy atom. The predicted molar refractivity (Wildman–Crippen MR) is 100 cm³/mol. The van der Waals surface area contributed by atoms with Gasteiger partial charge in [0.2, 0.25) is 5.91 Å².